The second-order valence-corrected chi connectivity index (χ2v) is 10.4. The Hall–Kier alpha value is -0.660. The van der Waals surface area contributed by atoms with Crippen LogP contribution in [0.1, 0.15) is 32.1 Å². The van der Waals surface area contributed by atoms with E-state index in [1.807, 2.05) is 4.90 Å². The molecule has 0 aromatic heterocycles. The summed E-state index contributed by atoms with van der Waals surface area (Å²) in [7, 11) is -3.08. The summed E-state index contributed by atoms with van der Waals surface area (Å²) in [4.78, 5) is 14.7. The van der Waals surface area contributed by atoms with E-state index in [-0.39, 0.29) is 22.6 Å². The molecule has 1 N–H and O–H groups in total. The van der Waals surface area contributed by atoms with Crippen molar-refractivity contribution in [2.45, 2.75) is 43.4 Å². The largest absolute Gasteiger partial charge is 0.381 e. The third-order valence-electron chi connectivity index (χ3n) is 6.64. The molecule has 0 bridgehead atoms. The number of ether oxygens (including phenoxy) is 1. The van der Waals surface area contributed by atoms with Crippen LogP contribution in [-0.4, -0.2) is 56.8 Å². The fourth-order valence-corrected chi connectivity index (χ4v) is 6.63. The first-order valence-corrected chi connectivity index (χ1v) is 10.4. The molecule has 2 heterocycles. The van der Waals surface area contributed by atoms with Crippen LogP contribution in [0, 0.1) is 23.2 Å². The van der Waals surface area contributed by atoms with Gasteiger partial charge >= 0.3 is 0 Å². The smallest absolute Gasteiger partial charge is 0.226 e. The van der Waals surface area contributed by atoms with Gasteiger partial charge in [-0.3, -0.25) is 4.79 Å². The highest BCUT2D eigenvalue weighted by atomic mass is 32.2. The molecule has 2 saturated heterocycles. The number of amides is 1. The van der Waals surface area contributed by atoms with Crippen LogP contribution < -0.4 is 4.72 Å². The number of nitrogens with one attached hydrogen (secondary N) is 1. The summed E-state index contributed by atoms with van der Waals surface area (Å²) in [6, 6.07) is 0.0874. The molecule has 23 heavy (non-hydrogen) atoms. The SMILES string of the molecule is O=C(C1[C@H]2COC[C@@H]12)N1CCC2(CC(NS(=O)(=O)C3CC3)C2)C1. The molecule has 3 atom stereocenters. The van der Waals surface area contributed by atoms with Gasteiger partial charge in [-0.05, 0) is 49.4 Å². The third-order valence-corrected chi connectivity index (χ3v) is 8.65. The molecule has 5 fully saturated rings. The second kappa shape index (κ2) is 4.70. The topological polar surface area (TPSA) is 75.7 Å². The molecule has 0 aromatic rings. The van der Waals surface area contributed by atoms with E-state index in [9.17, 15) is 13.2 Å². The van der Waals surface area contributed by atoms with Gasteiger partial charge in [0.05, 0.1) is 18.5 Å². The number of hydrogen-bond donors (Lipinski definition) is 1. The molecule has 5 rings (SSSR count). The maximum Gasteiger partial charge on any atom is 0.226 e. The molecule has 3 aliphatic carbocycles. The summed E-state index contributed by atoms with van der Waals surface area (Å²) in [5.74, 6) is 1.47. The number of nitrogens with zero attached hydrogens (tertiary/aromatic N) is 1. The number of carbonyl (C=O) groups is 1. The van der Waals surface area contributed by atoms with E-state index in [2.05, 4.69) is 4.72 Å². The predicted molar refractivity (Wildman–Crippen MR) is 83.0 cm³/mol. The first-order chi connectivity index (χ1) is 11.0. The molecule has 2 aliphatic heterocycles. The molecule has 3 saturated carbocycles. The summed E-state index contributed by atoms with van der Waals surface area (Å²) < 4.78 is 32.2. The van der Waals surface area contributed by atoms with Gasteiger partial charge in [-0.2, -0.15) is 0 Å². The molecule has 1 amide bonds. The van der Waals surface area contributed by atoms with Gasteiger partial charge in [0, 0.05) is 25.0 Å². The normalized spacial score (nSPS) is 45.1. The molecular weight excluding hydrogens is 316 g/mol. The van der Waals surface area contributed by atoms with E-state index in [0.29, 0.717) is 17.7 Å². The van der Waals surface area contributed by atoms with Crippen LogP contribution >= 0.6 is 0 Å². The third kappa shape index (κ3) is 2.35. The summed E-state index contributed by atoms with van der Waals surface area (Å²) >= 11 is 0. The van der Waals surface area contributed by atoms with Crippen molar-refractivity contribution in [3.8, 4) is 0 Å². The van der Waals surface area contributed by atoms with Crippen LogP contribution in [0.25, 0.3) is 0 Å². The summed E-state index contributed by atoms with van der Waals surface area (Å²) in [6.45, 7) is 3.18. The Balaban J connectivity index is 1.15. The van der Waals surface area contributed by atoms with Crippen molar-refractivity contribution in [1.29, 1.82) is 0 Å². The maximum atomic E-state index is 12.6. The Morgan fingerprint density at radius 1 is 1.17 bits per heavy atom. The molecule has 0 radical (unpaired) electrons. The monoisotopic (exact) mass is 340 g/mol. The summed E-state index contributed by atoms with van der Waals surface area (Å²) in [6.07, 6.45) is 4.43. The highest BCUT2D eigenvalue weighted by molar-refractivity contribution is 7.90. The molecular formula is C16H24N2O4S. The van der Waals surface area contributed by atoms with E-state index in [4.69, 9.17) is 4.74 Å². The van der Waals surface area contributed by atoms with Crippen LogP contribution in [0.15, 0.2) is 0 Å². The zero-order valence-electron chi connectivity index (χ0n) is 13.2. The Kier molecular flexibility index (Phi) is 3.00. The molecule has 0 aromatic carbocycles. The summed E-state index contributed by atoms with van der Waals surface area (Å²) in [5, 5.41) is -0.141. The van der Waals surface area contributed by atoms with Crippen LogP contribution in [0.4, 0.5) is 0 Å². The van der Waals surface area contributed by atoms with Gasteiger partial charge in [-0.25, -0.2) is 13.1 Å². The minimum absolute atomic E-state index is 0.0874. The zero-order valence-corrected chi connectivity index (χ0v) is 14.1. The molecule has 1 unspecified atom stereocenters. The number of hydrogen-bond acceptors (Lipinski definition) is 4. The number of sulfonamides is 1. The average molecular weight is 340 g/mol. The van der Waals surface area contributed by atoms with E-state index < -0.39 is 10.0 Å². The van der Waals surface area contributed by atoms with E-state index in [0.717, 1.165) is 58.4 Å². The lowest BCUT2D eigenvalue weighted by molar-refractivity contribution is -0.133. The van der Waals surface area contributed by atoms with Crippen molar-refractivity contribution < 1.29 is 17.9 Å². The van der Waals surface area contributed by atoms with Crippen molar-refractivity contribution in [2.75, 3.05) is 26.3 Å². The average Bonchev–Trinajstić information content (AvgIpc) is 3.35. The quantitative estimate of drug-likeness (QED) is 0.801. The molecule has 6 nitrogen and oxygen atoms in total. The first kappa shape index (κ1) is 14.7. The lowest BCUT2D eigenvalue weighted by Gasteiger charge is -2.45. The van der Waals surface area contributed by atoms with Crippen LogP contribution in [0.2, 0.25) is 0 Å². The molecule has 1 spiro atoms. The van der Waals surface area contributed by atoms with Crippen molar-refractivity contribution in [3.63, 3.8) is 0 Å². The van der Waals surface area contributed by atoms with Crippen molar-refractivity contribution in [2.24, 2.45) is 23.2 Å². The number of rotatable bonds is 4. The fraction of sp³-hybridized carbons (Fsp3) is 0.938. The standard InChI is InChI=1S/C16H24N2O4S/c19-15(14-12-7-22-8-13(12)14)18-4-3-16(9-18)5-10(6-16)17-23(20,21)11-1-2-11/h10-14,17H,1-9H2/t10?,12-,13+,14?,16?. The van der Waals surface area contributed by atoms with Crippen molar-refractivity contribution in [3.05, 3.63) is 0 Å². The minimum atomic E-state index is -3.08. The number of likely N-dealkylation sites (tertiary alicyclic amines) is 1. The Labute approximate surface area is 137 Å². The van der Waals surface area contributed by atoms with E-state index in [1.54, 1.807) is 0 Å². The molecule has 5 aliphatic rings. The van der Waals surface area contributed by atoms with Crippen molar-refractivity contribution >= 4 is 15.9 Å². The van der Waals surface area contributed by atoms with Gasteiger partial charge in [-0.1, -0.05) is 0 Å². The van der Waals surface area contributed by atoms with E-state index >= 15 is 0 Å². The van der Waals surface area contributed by atoms with Crippen LogP contribution in [0.5, 0.6) is 0 Å². The number of fused-ring (bicyclic) bond motifs is 1. The lowest BCUT2D eigenvalue weighted by Crippen LogP contribution is -2.52. The second-order valence-electron chi connectivity index (χ2n) is 8.37. The fourth-order valence-electron chi connectivity index (χ4n) is 5.05. The van der Waals surface area contributed by atoms with E-state index in [1.165, 1.54) is 0 Å². The maximum absolute atomic E-state index is 12.6. The van der Waals surface area contributed by atoms with Gasteiger partial charge in [-0.15, -0.1) is 0 Å². The van der Waals surface area contributed by atoms with Gasteiger partial charge < -0.3 is 9.64 Å². The Bertz CT molecular complexity index is 628. The highest BCUT2D eigenvalue weighted by Gasteiger charge is 2.60. The Morgan fingerprint density at radius 3 is 2.52 bits per heavy atom. The van der Waals surface area contributed by atoms with Gasteiger partial charge in [0.15, 0.2) is 0 Å². The van der Waals surface area contributed by atoms with Gasteiger partial charge in [0.1, 0.15) is 0 Å². The molecule has 128 valence electrons. The zero-order chi connectivity index (χ0) is 15.8. The van der Waals surface area contributed by atoms with Gasteiger partial charge in [0.25, 0.3) is 0 Å². The Morgan fingerprint density at radius 2 is 1.87 bits per heavy atom. The highest BCUT2D eigenvalue weighted by Crippen LogP contribution is 2.54. The predicted octanol–water partition coefficient (Wildman–Crippen LogP) is 0.342. The first-order valence-electron chi connectivity index (χ1n) is 8.85. The van der Waals surface area contributed by atoms with Crippen LogP contribution in [-0.2, 0) is 19.6 Å². The van der Waals surface area contributed by atoms with Crippen LogP contribution in [0.3, 0.4) is 0 Å². The number of carbonyl (C=O) groups excluding carboxylic acids is 1. The minimum Gasteiger partial charge on any atom is -0.381 e. The lowest BCUT2D eigenvalue weighted by atomic mass is 9.65. The van der Waals surface area contributed by atoms with Gasteiger partial charge in [0.2, 0.25) is 15.9 Å². The molecule has 7 heteroatoms. The van der Waals surface area contributed by atoms with Crippen molar-refractivity contribution in [1.82, 2.24) is 9.62 Å². The summed E-state index contributed by atoms with van der Waals surface area (Å²) in [5.41, 5.74) is 0.174.